The number of rotatable bonds is 31. The zero-order valence-electron chi connectivity index (χ0n) is 50.5. The average molecular weight is 1220 g/mol. The smallest absolute Gasteiger partial charge is 0.306 e. The van der Waals surface area contributed by atoms with Crippen molar-refractivity contribution in [3.8, 4) is 0 Å². The third kappa shape index (κ3) is 27.3. The molecule has 1 aromatic carbocycles. The van der Waals surface area contributed by atoms with E-state index in [-0.39, 0.29) is 109 Å². The van der Waals surface area contributed by atoms with E-state index in [1.54, 1.807) is 44.2 Å². The van der Waals surface area contributed by atoms with Gasteiger partial charge in [-0.25, -0.2) is 0 Å². The average Bonchev–Trinajstić information content (AvgIpc) is 3.67. The van der Waals surface area contributed by atoms with E-state index >= 15 is 0 Å². The summed E-state index contributed by atoms with van der Waals surface area (Å²) in [5.41, 5.74) is 30.0. The first kappa shape index (κ1) is 75.3. The van der Waals surface area contributed by atoms with Crippen LogP contribution >= 0.6 is 0 Å². The fourth-order valence-corrected chi connectivity index (χ4v) is 9.53. The van der Waals surface area contributed by atoms with Crippen LogP contribution in [0.1, 0.15) is 130 Å². The lowest BCUT2D eigenvalue weighted by Gasteiger charge is -2.28. The zero-order valence-corrected chi connectivity index (χ0v) is 50.5. The van der Waals surface area contributed by atoms with Crippen LogP contribution in [-0.4, -0.2) is 181 Å². The van der Waals surface area contributed by atoms with Gasteiger partial charge in [-0.1, -0.05) is 57.5 Å². The molecule has 1 saturated heterocycles. The first-order valence-corrected chi connectivity index (χ1v) is 29.9. The van der Waals surface area contributed by atoms with Crippen molar-refractivity contribution in [3.63, 3.8) is 0 Å². The molecule has 1 aliphatic heterocycles. The Morgan fingerprint density at radius 1 is 0.640 bits per heavy atom. The maximum absolute atomic E-state index is 14.6. The molecule has 1 aliphatic rings. The number of ether oxygens (including phenoxy) is 1. The van der Waals surface area contributed by atoms with Crippen molar-refractivity contribution in [3.05, 3.63) is 35.9 Å². The second kappa shape index (κ2) is 40.5. The lowest BCUT2D eigenvalue weighted by atomic mass is 9.90. The minimum Gasteiger partial charge on any atom is -0.466 e. The van der Waals surface area contributed by atoms with E-state index in [2.05, 4.69) is 42.5 Å². The maximum atomic E-state index is 14.6. The van der Waals surface area contributed by atoms with Crippen LogP contribution in [-0.2, 0) is 68.7 Å². The highest BCUT2D eigenvalue weighted by Crippen LogP contribution is 2.19. The number of carbonyl (C=O) groups is 12. The highest BCUT2D eigenvalue weighted by molar-refractivity contribution is 5.99. The van der Waals surface area contributed by atoms with Gasteiger partial charge in [0, 0.05) is 50.5 Å². The van der Waals surface area contributed by atoms with Gasteiger partial charge >= 0.3 is 5.97 Å². The number of aliphatic hydroxyl groups excluding tert-OH is 2. The number of ketones is 3. The summed E-state index contributed by atoms with van der Waals surface area (Å²) in [6, 6.07) is -1.09. The van der Waals surface area contributed by atoms with Crippen LogP contribution in [0.3, 0.4) is 0 Å². The molecule has 0 aromatic heterocycles. The minimum absolute atomic E-state index is 0.0593. The zero-order chi connectivity index (χ0) is 64.5. The summed E-state index contributed by atoms with van der Waals surface area (Å²) in [6.45, 7) is 7.17. The van der Waals surface area contributed by atoms with Crippen LogP contribution in [0.15, 0.2) is 30.3 Å². The molecule has 8 amide bonds. The summed E-state index contributed by atoms with van der Waals surface area (Å²) < 4.78 is 5.09. The van der Waals surface area contributed by atoms with E-state index in [4.69, 9.17) is 33.4 Å². The van der Waals surface area contributed by atoms with Crippen molar-refractivity contribution in [2.45, 2.75) is 185 Å². The first-order valence-electron chi connectivity index (χ1n) is 29.9. The van der Waals surface area contributed by atoms with E-state index in [1.807, 2.05) is 6.92 Å². The Hall–Kier alpha value is -6.82. The predicted octanol–water partition coefficient (Wildman–Crippen LogP) is -3.46. The van der Waals surface area contributed by atoms with Crippen molar-refractivity contribution in [1.29, 1.82) is 0 Å². The number of hydrogen-bond acceptors (Lipinski definition) is 20. The lowest BCUT2D eigenvalue weighted by Crippen LogP contribution is -2.59. The second-order valence-corrected chi connectivity index (χ2v) is 22.3. The van der Waals surface area contributed by atoms with Crippen molar-refractivity contribution in [2.75, 3.05) is 45.9 Å². The fraction of sp³-hybridized carbons (Fsp3) is 0.690. The molecule has 0 aliphatic carbocycles. The van der Waals surface area contributed by atoms with Gasteiger partial charge in [0.25, 0.3) is 0 Å². The Kier molecular flexibility index (Phi) is 35.5. The molecule has 0 radical (unpaired) electrons. The highest BCUT2D eigenvalue weighted by atomic mass is 16.5. The summed E-state index contributed by atoms with van der Waals surface area (Å²) >= 11 is 0. The number of hydrogen-bond donors (Lipinski definition) is 15. The molecule has 0 bridgehead atoms. The Morgan fingerprint density at radius 2 is 1.20 bits per heavy atom. The van der Waals surface area contributed by atoms with Gasteiger partial charge in [-0.15, -0.1) is 0 Å². The molecule has 12 atom stereocenters. The number of aliphatic hydroxyl groups is 2. The Bertz CT molecular complexity index is 2380. The first-order chi connectivity index (χ1) is 40.8. The summed E-state index contributed by atoms with van der Waals surface area (Å²) in [5.74, 6) is -13.8. The van der Waals surface area contributed by atoms with E-state index in [0.717, 1.165) is 6.42 Å². The van der Waals surface area contributed by atoms with Crippen LogP contribution in [0.5, 0.6) is 0 Å². The molecule has 0 spiro atoms. The Balaban J connectivity index is 2.67. The number of benzene rings is 1. The molecule has 28 heteroatoms. The summed E-state index contributed by atoms with van der Waals surface area (Å²) in [6.07, 6.45) is -4.97. The maximum Gasteiger partial charge on any atom is 0.306 e. The van der Waals surface area contributed by atoms with E-state index in [0.29, 0.717) is 12.0 Å². The molecule has 1 aromatic rings. The predicted molar refractivity (Wildman–Crippen MR) is 317 cm³/mol. The number of esters is 1. The van der Waals surface area contributed by atoms with Gasteiger partial charge in [0.05, 0.1) is 49.3 Å². The number of carbonyl (C=O) groups excluding carboxylic acids is 12. The summed E-state index contributed by atoms with van der Waals surface area (Å²) in [5, 5.41) is 42.5. The van der Waals surface area contributed by atoms with Gasteiger partial charge < -0.3 is 86.2 Å². The fourth-order valence-electron chi connectivity index (χ4n) is 9.53. The molecule has 86 heavy (non-hydrogen) atoms. The van der Waals surface area contributed by atoms with Crippen LogP contribution in [0.4, 0.5) is 0 Å². The standard InChI is InChI=1S/C58H97N13O15/c1-6-7-27-86-50(78)14-13-49(77)65-40(16-22-60)48(76)32-39(34(4)72)54(81)66-41(17-23-61)47(75)31-38-20-26-64-58(85)51(35(5)73)71-53(80)37(15-21-59)30-46(74)42(18-24-62)67-56(83)44(28-33(2)3)69-57(84)45(29-36-11-9-8-10-12-36)70-55(82)43(19-25-63)68-52(38)79/h8-12,33-35,37-45,51,72-73H,6-7,13-32,59-63H2,1-5H3,(H,64,85)(H,65,77)(H,66,81)(H,67,83)(H,68,79)(H,69,84)(H,70,82)(H,71,80)/t34?,35?,37-,38-,39+,40+,41+,42+,43+,44+,45-,51+/m1/s1. The number of Topliss-reactive ketones (excluding diaryl/α,β-unsaturated/α-hetero) is 3. The van der Waals surface area contributed by atoms with Gasteiger partial charge in [-0.3, -0.25) is 57.5 Å². The largest absolute Gasteiger partial charge is 0.466 e. The summed E-state index contributed by atoms with van der Waals surface area (Å²) in [4.78, 5) is 167. The molecule has 20 N–H and O–H groups in total. The van der Waals surface area contributed by atoms with Crippen molar-refractivity contribution < 1.29 is 72.5 Å². The van der Waals surface area contributed by atoms with Gasteiger partial charge in [0.15, 0.2) is 17.3 Å². The molecule has 0 saturated carbocycles. The van der Waals surface area contributed by atoms with Gasteiger partial charge in [0.1, 0.15) is 24.2 Å². The quantitative estimate of drug-likeness (QED) is 0.0254. The lowest BCUT2D eigenvalue weighted by molar-refractivity contribution is -0.145. The molecule has 2 rings (SSSR count). The van der Waals surface area contributed by atoms with E-state index in [1.165, 1.54) is 13.8 Å². The third-order valence-corrected chi connectivity index (χ3v) is 14.5. The van der Waals surface area contributed by atoms with Crippen LogP contribution in [0, 0.1) is 23.7 Å². The number of nitrogens with two attached hydrogens (primary N) is 5. The third-order valence-electron chi connectivity index (χ3n) is 14.5. The number of amides is 8. The van der Waals surface area contributed by atoms with Crippen molar-refractivity contribution in [2.24, 2.45) is 52.3 Å². The highest BCUT2D eigenvalue weighted by Gasteiger charge is 2.38. The Labute approximate surface area is 503 Å². The van der Waals surface area contributed by atoms with Crippen LogP contribution < -0.4 is 71.2 Å². The van der Waals surface area contributed by atoms with E-state index < -0.39 is 169 Å². The van der Waals surface area contributed by atoms with Crippen LogP contribution in [0.2, 0.25) is 0 Å². The molecular formula is C58H97N13O15. The van der Waals surface area contributed by atoms with Gasteiger partial charge in [0.2, 0.25) is 47.3 Å². The molecule has 2 unspecified atom stereocenters. The van der Waals surface area contributed by atoms with Gasteiger partial charge in [-0.05, 0) is 109 Å². The number of nitrogens with one attached hydrogen (secondary N) is 8. The molecule has 28 nitrogen and oxygen atoms in total. The second-order valence-electron chi connectivity index (χ2n) is 22.3. The molecule has 1 heterocycles. The van der Waals surface area contributed by atoms with Crippen molar-refractivity contribution in [1.82, 2.24) is 42.5 Å². The topological polar surface area (TPSA) is 481 Å². The molecular weight excluding hydrogens is 1120 g/mol. The SMILES string of the molecule is CCCCOC(=O)CCC(=O)N[C@@H](CCN)C(=O)C[C@H](C(=O)N[C@@H](CCN)C(=O)C[C@H]1CCNC(=O)[C@H](C(C)O)NC(=O)[C@H](CCN)CC(=O)[C@H](CCN)NC(=O)[C@H](CC(C)C)NC(=O)[C@@H](Cc2ccccc2)NC(=O)[C@H](CCN)NC1=O)C(C)O. The summed E-state index contributed by atoms with van der Waals surface area (Å²) in [7, 11) is 0. The van der Waals surface area contributed by atoms with Crippen LogP contribution in [0.25, 0.3) is 0 Å². The molecule has 484 valence electrons. The minimum atomic E-state index is -1.64. The normalized spacial score (nSPS) is 22.5. The number of unbranched alkanes of at least 4 members (excludes halogenated alkanes) is 1. The van der Waals surface area contributed by atoms with Gasteiger partial charge in [-0.2, -0.15) is 0 Å². The Morgan fingerprint density at radius 3 is 1.78 bits per heavy atom. The molecule has 1 fully saturated rings. The van der Waals surface area contributed by atoms with Crippen molar-refractivity contribution >= 4 is 70.6 Å². The van der Waals surface area contributed by atoms with E-state index in [9.17, 15) is 67.7 Å². The monoisotopic (exact) mass is 1220 g/mol.